The van der Waals surface area contributed by atoms with Gasteiger partial charge in [0.1, 0.15) is 0 Å². The van der Waals surface area contributed by atoms with Crippen molar-refractivity contribution in [2.75, 3.05) is 0 Å². The van der Waals surface area contributed by atoms with E-state index in [4.69, 9.17) is 5.11 Å². The molecule has 3 nitrogen and oxygen atoms in total. The van der Waals surface area contributed by atoms with Crippen molar-refractivity contribution >= 4 is 33.8 Å². The number of carboxylic acid groups (broad SMARTS) is 1. The van der Waals surface area contributed by atoms with Crippen LogP contribution in [0.25, 0.3) is 6.08 Å². The summed E-state index contributed by atoms with van der Waals surface area (Å²) in [4.78, 5) is 21.0. The van der Waals surface area contributed by atoms with Gasteiger partial charge in [-0.2, -0.15) is 0 Å². The Labute approximate surface area is 95.6 Å². The van der Waals surface area contributed by atoms with Gasteiger partial charge in [-0.1, -0.05) is 34.1 Å². The normalized spacial score (nSPS) is 10.5. The molecule has 0 fully saturated rings. The van der Waals surface area contributed by atoms with Crippen LogP contribution in [-0.2, 0) is 9.59 Å². The number of halogens is 1. The van der Waals surface area contributed by atoms with E-state index in [1.807, 2.05) is 19.1 Å². The maximum atomic E-state index is 10.8. The number of ketones is 1. The van der Waals surface area contributed by atoms with Crippen LogP contribution in [0.3, 0.4) is 0 Å². The summed E-state index contributed by atoms with van der Waals surface area (Å²) in [6.07, 6.45) is 2.53. The van der Waals surface area contributed by atoms with E-state index in [9.17, 15) is 9.59 Å². The zero-order chi connectivity index (χ0) is 11.4. The Bertz CT molecular complexity index is 435. The van der Waals surface area contributed by atoms with Crippen LogP contribution in [-0.4, -0.2) is 16.9 Å². The van der Waals surface area contributed by atoms with Crippen molar-refractivity contribution in [1.29, 1.82) is 0 Å². The van der Waals surface area contributed by atoms with Crippen molar-refractivity contribution in [3.63, 3.8) is 0 Å². The third-order valence-electron chi connectivity index (χ3n) is 1.82. The molecule has 0 saturated carbocycles. The number of hydrogen-bond acceptors (Lipinski definition) is 2. The van der Waals surface area contributed by atoms with Gasteiger partial charge in [0, 0.05) is 4.47 Å². The Morgan fingerprint density at radius 2 is 2.07 bits per heavy atom. The molecule has 1 aromatic carbocycles. The molecule has 0 aromatic heterocycles. The number of carbonyl (C=O) groups is 2. The molecular weight excluding hydrogens is 260 g/mol. The van der Waals surface area contributed by atoms with E-state index in [-0.39, 0.29) is 0 Å². The summed E-state index contributed by atoms with van der Waals surface area (Å²) in [7, 11) is 0. The third kappa shape index (κ3) is 3.32. The van der Waals surface area contributed by atoms with Crippen molar-refractivity contribution in [3.8, 4) is 0 Å². The summed E-state index contributed by atoms with van der Waals surface area (Å²) in [6.45, 7) is 1.92. The lowest BCUT2D eigenvalue weighted by molar-refractivity contribution is -0.146. The predicted molar refractivity (Wildman–Crippen MR) is 60.6 cm³/mol. The van der Waals surface area contributed by atoms with Gasteiger partial charge in [0.2, 0.25) is 0 Å². The van der Waals surface area contributed by atoms with Gasteiger partial charge in [0.05, 0.1) is 0 Å². The standard InChI is InChI=1S/C11H9BrO3/c1-7-6-8(2-4-9(7)12)3-5-10(13)11(14)15/h2-6H,1H3,(H,14,15)/b5-3+. The first-order valence-electron chi connectivity index (χ1n) is 4.22. The van der Waals surface area contributed by atoms with Gasteiger partial charge < -0.3 is 5.11 Å². The topological polar surface area (TPSA) is 54.4 Å². The van der Waals surface area contributed by atoms with E-state index in [0.29, 0.717) is 0 Å². The molecule has 0 spiro atoms. The molecule has 1 rings (SSSR count). The second kappa shape index (κ2) is 4.89. The Morgan fingerprint density at radius 3 is 2.60 bits per heavy atom. The molecule has 78 valence electrons. The molecule has 0 radical (unpaired) electrons. The monoisotopic (exact) mass is 268 g/mol. The highest BCUT2D eigenvalue weighted by Gasteiger charge is 2.05. The zero-order valence-electron chi connectivity index (χ0n) is 8.03. The highest BCUT2D eigenvalue weighted by molar-refractivity contribution is 9.10. The van der Waals surface area contributed by atoms with Crippen LogP contribution in [0.1, 0.15) is 11.1 Å². The van der Waals surface area contributed by atoms with E-state index in [2.05, 4.69) is 15.9 Å². The fourth-order valence-corrected chi connectivity index (χ4v) is 1.26. The molecule has 4 heteroatoms. The molecular formula is C11H9BrO3. The van der Waals surface area contributed by atoms with Crippen LogP contribution < -0.4 is 0 Å². The maximum Gasteiger partial charge on any atom is 0.376 e. The van der Waals surface area contributed by atoms with E-state index >= 15 is 0 Å². The molecule has 0 saturated heterocycles. The fraction of sp³-hybridized carbons (Fsp3) is 0.0909. The summed E-state index contributed by atoms with van der Waals surface area (Å²) in [5.41, 5.74) is 1.82. The summed E-state index contributed by atoms with van der Waals surface area (Å²) in [5.74, 6) is -2.37. The minimum atomic E-state index is -1.44. The number of aryl methyl sites for hydroxylation is 1. The van der Waals surface area contributed by atoms with Gasteiger partial charge in [-0.3, -0.25) is 4.79 Å². The molecule has 0 unspecified atom stereocenters. The minimum absolute atomic E-state index is 0.797. The summed E-state index contributed by atoms with van der Waals surface area (Å²) in [6, 6.07) is 5.50. The van der Waals surface area contributed by atoms with Crippen molar-refractivity contribution in [3.05, 3.63) is 39.9 Å². The smallest absolute Gasteiger partial charge is 0.376 e. The lowest BCUT2D eigenvalue weighted by atomic mass is 10.1. The molecule has 0 aliphatic carbocycles. The third-order valence-corrected chi connectivity index (χ3v) is 2.71. The molecule has 0 heterocycles. The van der Waals surface area contributed by atoms with Gasteiger partial charge in [0.25, 0.3) is 5.78 Å². The quantitative estimate of drug-likeness (QED) is 0.677. The van der Waals surface area contributed by atoms with Crippen LogP contribution in [0, 0.1) is 6.92 Å². The van der Waals surface area contributed by atoms with Crippen molar-refractivity contribution in [2.45, 2.75) is 6.92 Å². The molecule has 0 aliphatic rings. The first kappa shape index (κ1) is 11.7. The average molecular weight is 269 g/mol. The zero-order valence-corrected chi connectivity index (χ0v) is 9.61. The van der Waals surface area contributed by atoms with Gasteiger partial charge in [-0.05, 0) is 30.2 Å². The highest BCUT2D eigenvalue weighted by atomic mass is 79.9. The molecule has 0 aliphatic heterocycles. The van der Waals surface area contributed by atoms with Gasteiger partial charge in [-0.25, -0.2) is 4.79 Å². The first-order chi connectivity index (χ1) is 7.00. The highest BCUT2D eigenvalue weighted by Crippen LogP contribution is 2.17. The van der Waals surface area contributed by atoms with Crippen LogP contribution in [0.4, 0.5) is 0 Å². The van der Waals surface area contributed by atoms with Crippen LogP contribution in [0.5, 0.6) is 0 Å². The number of aliphatic carboxylic acids is 1. The lowest BCUT2D eigenvalue weighted by Gasteiger charge is -1.98. The molecule has 15 heavy (non-hydrogen) atoms. The largest absolute Gasteiger partial charge is 0.475 e. The average Bonchev–Trinajstić information content (AvgIpc) is 2.19. The van der Waals surface area contributed by atoms with Crippen LogP contribution in [0.2, 0.25) is 0 Å². The molecule has 1 aromatic rings. The van der Waals surface area contributed by atoms with E-state index in [1.54, 1.807) is 6.07 Å². The van der Waals surface area contributed by atoms with Crippen LogP contribution in [0.15, 0.2) is 28.7 Å². The maximum absolute atomic E-state index is 10.8. The predicted octanol–water partition coefficient (Wildman–Crippen LogP) is 2.42. The Hall–Kier alpha value is -1.42. The number of benzene rings is 1. The first-order valence-corrected chi connectivity index (χ1v) is 5.01. The Morgan fingerprint density at radius 1 is 1.40 bits per heavy atom. The van der Waals surface area contributed by atoms with Crippen molar-refractivity contribution in [1.82, 2.24) is 0 Å². The number of carbonyl (C=O) groups excluding carboxylic acids is 1. The Kier molecular flexibility index (Phi) is 3.80. The van der Waals surface area contributed by atoms with Crippen LogP contribution >= 0.6 is 15.9 Å². The Balaban J connectivity index is 2.86. The lowest BCUT2D eigenvalue weighted by Crippen LogP contribution is -2.08. The van der Waals surface area contributed by atoms with Gasteiger partial charge >= 0.3 is 5.97 Å². The molecule has 0 amide bonds. The molecule has 0 atom stereocenters. The second-order valence-corrected chi connectivity index (χ2v) is 3.87. The van der Waals surface area contributed by atoms with Gasteiger partial charge in [0.15, 0.2) is 0 Å². The van der Waals surface area contributed by atoms with Gasteiger partial charge in [-0.15, -0.1) is 0 Å². The van der Waals surface area contributed by atoms with E-state index in [1.165, 1.54) is 6.08 Å². The number of carboxylic acids is 1. The molecule has 1 N–H and O–H groups in total. The van der Waals surface area contributed by atoms with E-state index in [0.717, 1.165) is 21.7 Å². The van der Waals surface area contributed by atoms with Crippen molar-refractivity contribution < 1.29 is 14.7 Å². The van der Waals surface area contributed by atoms with Crippen molar-refractivity contribution in [2.24, 2.45) is 0 Å². The summed E-state index contributed by atoms with van der Waals surface area (Å²) in [5, 5.41) is 8.35. The SMILES string of the molecule is Cc1cc(/C=C/C(=O)C(=O)O)ccc1Br. The van der Waals surface area contributed by atoms with E-state index < -0.39 is 11.8 Å². The summed E-state index contributed by atoms with van der Waals surface area (Å²) < 4.78 is 0.976. The summed E-state index contributed by atoms with van der Waals surface area (Å²) >= 11 is 3.35. The second-order valence-electron chi connectivity index (χ2n) is 3.01. The number of rotatable bonds is 3. The number of hydrogen-bond donors (Lipinski definition) is 1. The fourth-order valence-electron chi connectivity index (χ4n) is 1.01. The minimum Gasteiger partial charge on any atom is -0.475 e. The molecule has 0 bridgehead atoms.